The summed E-state index contributed by atoms with van der Waals surface area (Å²) in [6, 6.07) is 10.1. The van der Waals surface area contributed by atoms with Crippen molar-refractivity contribution in [1.82, 2.24) is 14.7 Å². The van der Waals surface area contributed by atoms with Crippen LogP contribution in [0.25, 0.3) is 5.69 Å². The zero-order valence-corrected chi connectivity index (χ0v) is 13.7. The third kappa shape index (κ3) is 3.74. The average molecular weight is 301 g/mol. The fraction of sp³-hybridized carbons (Fsp3) is 0.412. The van der Waals surface area contributed by atoms with Gasteiger partial charge in [0.25, 0.3) is 0 Å². The lowest BCUT2D eigenvalue weighted by Crippen LogP contribution is -2.22. The molecule has 0 aliphatic rings. The maximum atomic E-state index is 11.2. The van der Waals surface area contributed by atoms with Gasteiger partial charge in [-0.1, -0.05) is 18.2 Å². The zero-order chi connectivity index (χ0) is 16.1. The third-order valence-corrected chi connectivity index (χ3v) is 3.80. The molecule has 0 saturated carbocycles. The Hall–Kier alpha value is -2.14. The molecule has 2 rings (SSSR count). The largest absolute Gasteiger partial charge is 0.469 e. The number of rotatable bonds is 6. The second kappa shape index (κ2) is 7.22. The molecular formula is C17H23N3O2. The van der Waals surface area contributed by atoms with Crippen LogP contribution in [0.2, 0.25) is 0 Å². The summed E-state index contributed by atoms with van der Waals surface area (Å²) in [7, 11) is 3.42. The Morgan fingerprint density at radius 3 is 2.59 bits per heavy atom. The lowest BCUT2D eigenvalue weighted by Gasteiger charge is -2.16. The Morgan fingerprint density at radius 1 is 1.27 bits per heavy atom. The molecule has 1 aromatic heterocycles. The number of carbonyl (C=O) groups excluding carboxylic acids is 1. The van der Waals surface area contributed by atoms with Crippen LogP contribution in [0.5, 0.6) is 0 Å². The predicted octanol–water partition coefficient (Wildman–Crippen LogP) is 2.48. The molecule has 0 radical (unpaired) electrons. The van der Waals surface area contributed by atoms with Gasteiger partial charge in [-0.25, -0.2) is 4.68 Å². The molecule has 0 amide bonds. The first-order valence-electron chi connectivity index (χ1n) is 7.38. The van der Waals surface area contributed by atoms with E-state index in [-0.39, 0.29) is 5.97 Å². The van der Waals surface area contributed by atoms with Gasteiger partial charge in [0.15, 0.2) is 0 Å². The molecule has 1 heterocycles. The minimum absolute atomic E-state index is 0.180. The minimum Gasteiger partial charge on any atom is -0.469 e. The molecule has 0 bridgehead atoms. The van der Waals surface area contributed by atoms with Crippen LogP contribution in [-0.2, 0) is 16.1 Å². The highest BCUT2D eigenvalue weighted by atomic mass is 16.5. The Kier molecular flexibility index (Phi) is 5.33. The zero-order valence-electron chi connectivity index (χ0n) is 13.7. The van der Waals surface area contributed by atoms with E-state index in [1.165, 1.54) is 12.7 Å². The van der Waals surface area contributed by atoms with Gasteiger partial charge in [-0.15, -0.1) is 0 Å². The first kappa shape index (κ1) is 16.2. The summed E-state index contributed by atoms with van der Waals surface area (Å²) in [5, 5.41) is 4.64. The molecule has 5 nitrogen and oxygen atoms in total. The van der Waals surface area contributed by atoms with Crippen molar-refractivity contribution in [2.45, 2.75) is 26.8 Å². The number of carbonyl (C=O) groups is 1. The number of esters is 1. The van der Waals surface area contributed by atoms with Gasteiger partial charge in [0.2, 0.25) is 0 Å². The fourth-order valence-electron chi connectivity index (χ4n) is 2.46. The highest BCUT2D eigenvalue weighted by molar-refractivity contribution is 5.69. The van der Waals surface area contributed by atoms with Gasteiger partial charge in [-0.2, -0.15) is 5.10 Å². The van der Waals surface area contributed by atoms with E-state index in [0.717, 1.165) is 23.6 Å². The number of para-hydroxylation sites is 1. The van der Waals surface area contributed by atoms with Crippen LogP contribution in [-0.4, -0.2) is 41.4 Å². The van der Waals surface area contributed by atoms with Crippen LogP contribution >= 0.6 is 0 Å². The van der Waals surface area contributed by atoms with Gasteiger partial charge in [0, 0.05) is 24.3 Å². The molecule has 118 valence electrons. The molecule has 0 unspecified atom stereocenters. The van der Waals surface area contributed by atoms with Crippen molar-refractivity contribution < 1.29 is 9.53 Å². The van der Waals surface area contributed by atoms with Crippen molar-refractivity contribution in [3.8, 4) is 5.69 Å². The van der Waals surface area contributed by atoms with E-state index in [0.29, 0.717) is 13.0 Å². The maximum Gasteiger partial charge on any atom is 0.306 e. The standard InChI is InChI=1S/C17H23N3O2/c1-13-16(12-19(3)11-10-17(21)22-4)14(2)20(18-13)15-8-6-5-7-9-15/h5-9H,10-12H2,1-4H3. The van der Waals surface area contributed by atoms with Crippen LogP contribution in [0.3, 0.4) is 0 Å². The predicted molar refractivity (Wildman–Crippen MR) is 86.0 cm³/mol. The molecule has 1 aromatic carbocycles. The summed E-state index contributed by atoms with van der Waals surface area (Å²) >= 11 is 0. The number of methoxy groups -OCH3 is 1. The molecule has 22 heavy (non-hydrogen) atoms. The Morgan fingerprint density at radius 2 is 1.95 bits per heavy atom. The lowest BCUT2D eigenvalue weighted by atomic mass is 10.2. The van der Waals surface area contributed by atoms with Gasteiger partial charge in [-0.3, -0.25) is 4.79 Å². The van der Waals surface area contributed by atoms with Gasteiger partial charge < -0.3 is 9.64 Å². The van der Waals surface area contributed by atoms with Crippen molar-refractivity contribution in [2.75, 3.05) is 20.7 Å². The molecule has 2 aromatic rings. The smallest absolute Gasteiger partial charge is 0.306 e. The SMILES string of the molecule is COC(=O)CCN(C)Cc1c(C)nn(-c2ccccc2)c1C. The number of hydrogen-bond donors (Lipinski definition) is 0. The molecule has 0 atom stereocenters. The average Bonchev–Trinajstić information content (AvgIpc) is 2.81. The second-order valence-corrected chi connectivity index (χ2v) is 5.46. The van der Waals surface area contributed by atoms with Gasteiger partial charge in [0.1, 0.15) is 0 Å². The summed E-state index contributed by atoms with van der Waals surface area (Å²) in [4.78, 5) is 13.3. The minimum atomic E-state index is -0.180. The van der Waals surface area contributed by atoms with Crippen LogP contribution in [0.15, 0.2) is 30.3 Å². The van der Waals surface area contributed by atoms with Crippen molar-refractivity contribution in [1.29, 1.82) is 0 Å². The monoisotopic (exact) mass is 301 g/mol. The summed E-state index contributed by atoms with van der Waals surface area (Å²) < 4.78 is 6.65. The Bertz CT molecular complexity index is 635. The summed E-state index contributed by atoms with van der Waals surface area (Å²) in [6.07, 6.45) is 0.401. The van der Waals surface area contributed by atoms with Gasteiger partial charge in [0.05, 0.1) is 24.9 Å². The highest BCUT2D eigenvalue weighted by Gasteiger charge is 2.15. The first-order valence-corrected chi connectivity index (χ1v) is 7.38. The highest BCUT2D eigenvalue weighted by Crippen LogP contribution is 2.19. The maximum absolute atomic E-state index is 11.2. The molecule has 0 saturated heterocycles. The van der Waals surface area contributed by atoms with E-state index in [2.05, 4.69) is 21.7 Å². The van der Waals surface area contributed by atoms with E-state index in [9.17, 15) is 4.79 Å². The first-order chi connectivity index (χ1) is 10.5. The Balaban J connectivity index is 2.12. The number of aryl methyl sites for hydroxylation is 1. The molecule has 5 heteroatoms. The van der Waals surface area contributed by atoms with Crippen LogP contribution in [0, 0.1) is 13.8 Å². The number of aromatic nitrogens is 2. The van der Waals surface area contributed by atoms with Crippen molar-refractivity contribution >= 4 is 5.97 Å². The molecule has 0 spiro atoms. The normalized spacial score (nSPS) is 11.0. The quantitative estimate of drug-likeness (QED) is 0.769. The molecule has 0 fully saturated rings. The summed E-state index contributed by atoms with van der Waals surface area (Å²) in [5.41, 5.74) is 4.42. The van der Waals surface area contributed by atoms with E-state index in [4.69, 9.17) is 0 Å². The van der Waals surface area contributed by atoms with Crippen molar-refractivity contribution in [3.63, 3.8) is 0 Å². The topological polar surface area (TPSA) is 47.4 Å². The Labute approximate surface area is 131 Å². The molecular weight excluding hydrogens is 278 g/mol. The van der Waals surface area contributed by atoms with Crippen LogP contribution in [0.1, 0.15) is 23.4 Å². The number of nitrogens with zero attached hydrogens (tertiary/aromatic N) is 3. The molecule has 0 N–H and O–H groups in total. The van der Waals surface area contributed by atoms with Gasteiger partial charge >= 0.3 is 5.97 Å². The number of hydrogen-bond acceptors (Lipinski definition) is 4. The lowest BCUT2D eigenvalue weighted by molar-refractivity contribution is -0.140. The van der Waals surface area contributed by atoms with E-state index in [1.54, 1.807) is 0 Å². The van der Waals surface area contributed by atoms with Crippen LogP contribution in [0.4, 0.5) is 0 Å². The van der Waals surface area contributed by atoms with E-state index >= 15 is 0 Å². The number of ether oxygens (including phenoxy) is 1. The fourth-order valence-corrected chi connectivity index (χ4v) is 2.46. The van der Waals surface area contributed by atoms with Gasteiger partial charge in [-0.05, 0) is 33.0 Å². The van der Waals surface area contributed by atoms with E-state index in [1.807, 2.05) is 49.0 Å². The second-order valence-electron chi connectivity index (χ2n) is 5.46. The summed E-state index contributed by atoms with van der Waals surface area (Å²) in [5.74, 6) is -0.180. The van der Waals surface area contributed by atoms with Crippen LogP contribution < -0.4 is 0 Å². The van der Waals surface area contributed by atoms with E-state index < -0.39 is 0 Å². The molecule has 0 aliphatic heterocycles. The third-order valence-electron chi connectivity index (χ3n) is 3.80. The number of benzene rings is 1. The molecule has 0 aliphatic carbocycles. The van der Waals surface area contributed by atoms with Crippen molar-refractivity contribution in [3.05, 3.63) is 47.3 Å². The summed E-state index contributed by atoms with van der Waals surface area (Å²) in [6.45, 7) is 5.54. The van der Waals surface area contributed by atoms with Crippen molar-refractivity contribution in [2.24, 2.45) is 0 Å².